The number of thiazole rings is 1. The van der Waals surface area contributed by atoms with Crippen LogP contribution in [0.2, 0.25) is 0 Å². The Bertz CT molecular complexity index is 1020. The van der Waals surface area contributed by atoms with Crippen LogP contribution in [0.15, 0.2) is 54.6 Å². The topological polar surface area (TPSA) is 59.5 Å². The van der Waals surface area contributed by atoms with Gasteiger partial charge in [0.05, 0.1) is 10.2 Å². The number of carbonyl (C=O) groups excluding carboxylic acids is 2. The molecular weight excluding hydrogens is 392 g/mol. The Kier molecular flexibility index (Phi) is 4.36. The molecular formula is C21H18N2O3S2. The van der Waals surface area contributed by atoms with Crippen LogP contribution in [0.4, 0.5) is 0 Å². The van der Waals surface area contributed by atoms with E-state index in [1.807, 2.05) is 54.6 Å². The number of hydrogen-bond acceptors (Lipinski definition) is 6. The number of para-hydroxylation sites is 1. The number of ether oxygens (including phenoxy) is 1. The van der Waals surface area contributed by atoms with Crippen LogP contribution in [0.3, 0.4) is 0 Å². The van der Waals surface area contributed by atoms with Crippen molar-refractivity contribution in [2.45, 2.75) is 30.4 Å². The smallest absolute Gasteiger partial charge is 0.330 e. The highest BCUT2D eigenvalue weighted by molar-refractivity contribution is 8.00. The van der Waals surface area contributed by atoms with Crippen molar-refractivity contribution in [3.05, 3.63) is 65.2 Å². The van der Waals surface area contributed by atoms with Crippen molar-refractivity contribution >= 4 is 45.2 Å². The Morgan fingerprint density at radius 1 is 1.18 bits per heavy atom. The van der Waals surface area contributed by atoms with Crippen LogP contribution < -0.4 is 0 Å². The minimum Gasteiger partial charge on any atom is -0.457 e. The summed E-state index contributed by atoms with van der Waals surface area (Å²) in [7, 11) is 0. The van der Waals surface area contributed by atoms with Crippen LogP contribution in [0.1, 0.15) is 23.4 Å². The van der Waals surface area contributed by atoms with Gasteiger partial charge in [-0.25, -0.2) is 9.78 Å². The largest absolute Gasteiger partial charge is 0.457 e. The monoisotopic (exact) mass is 410 g/mol. The molecule has 1 amide bonds. The Labute approximate surface area is 170 Å². The minimum absolute atomic E-state index is 0.0239. The highest BCUT2D eigenvalue weighted by Crippen LogP contribution is 2.54. The van der Waals surface area contributed by atoms with Crippen LogP contribution in [0.5, 0.6) is 0 Å². The fraction of sp³-hybridized carbons (Fsp3) is 0.286. The summed E-state index contributed by atoms with van der Waals surface area (Å²) >= 11 is 3.19. The maximum atomic E-state index is 12.8. The summed E-state index contributed by atoms with van der Waals surface area (Å²) in [5.41, 5.74) is 1.99. The Morgan fingerprint density at radius 2 is 1.96 bits per heavy atom. The highest BCUT2D eigenvalue weighted by atomic mass is 32.2. The lowest BCUT2D eigenvalue weighted by atomic mass is 10.0. The third-order valence-corrected chi connectivity index (χ3v) is 7.91. The van der Waals surface area contributed by atoms with Crippen LogP contribution in [-0.4, -0.2) is 33.6 Å². The molecule has 2 aliphatic heterocycles. The number of nitrogens with zero attached hydrogens (tertiary/aromatic N) is 2. The molecule has 2 aliphatic rings. The lowest BCUT2D eigenvalue weighted by molar-refractivity contribution is -0.155. The molecule has 142 valence electrons. The van der Waals surface area contributed by atoms with Gasteiger partial charge < -0.3 is 9.64 Å². The first kappa shape index (κ1) is 17.7. The molecule has 0 unspecified atom stereocenters. The van der Waals surface area contributed by atoms with E-state index in [9.17, 15) is 9.59 Å². The fourth-order valence-electron chi connectivity index (χ4n) is 4.03. The van der Waals surface area contributed by atoms with Gasteiger partial charge >= 0.3 is 5.97 Å². The maximum absolute atomic E-state index is 12.8. The van der Waals surface area contributed by atoms with Crippen molar-refractivity contribution in [2.75, 3.05) is 5.75 Å². The molecule has 2 aromatic carbocycles. The van der Waals surface area contributed by atoms with Gasteiger partial charge in [-0.2, -0.15) is 0 Å². The number of aromatic nitrogens is 1. The molecule has 0 radical (unpaired) electrons. The molecule has 2 saturated heterocycles. The number of amides is 1. The second-order valence-electron chi connectivity index (χ2n) is 6.92. The van der Waals surface area contributed by atoms with Gasteiger partial charge in [-0.1, -0.05) is 42.5 Å². The van der Waals surface area contributed by atoms with E-state index < -0.39 is 10.9 Å². The van der Waals surface area contributed by atoms with Crippen molar-refractivity contribution in [3.63, 3.8) is 0 Å². The second kappa shape index (κ2) is 6.90. The Hall–Kier alpha value is -2.38. The molecule has 28 heavy (non-hydrogen) atoms. The molecule has 0 N–H and O–H groups in total. The summed E-state index contributed by atoms with van der Waals surface area (Å²) < 4.78 is 6.65. The number of carbonyl (C=O) groups is 2. The highest BCUT2D eigenvalue weighted by Gasteiger charge is 2.57. The van der Waals surface area contributed by atoms with Gasteiger partial charge in [-0.05, 0) is 24.1 Å². The molecule has 0 saturated carbocycles. The first-order valence-electron chi connectivity index (χ1n) is 9.20. The first-order valence-corrected chi connectivity index (χ1v) is 11.0. The van der Waals surface area contributed by atoms with Crippen LogP contribution in [-0.2, 0) is 25.8 Å². The number of rotatable bonds is 4. The van der Waals surface area contributed by atoms with Crippen LogP contribution in [0, 0.1) is 0 Å². The molecule has 3 heterocycles. The van der Waals surface area contributed by atoms with Crippen LogP contribution in [0.25, 0.3) is 10.2 Å². The summed E-state index contributed by atoms with van der Waals surface area (Å²) in [5, 5.41) is 0.766. The second-order valence-corrected chi connectivity index (χ2v) is 9.34. The number of thioether (sulfide) groups is 1. The molecule has 2 atom stereocenters. The zero-order valence-electron chi connectivity index (χ0n) is 15.0. The SMILES string of the molecule is O=C(OCc1nc2ccccc2s1)[C@@H]1CS[C@]2(c3ccccc3)CCC(=O)N12. The summed E-state index contributed by atoms with van der Waals surface area (Å²) in [5.74, 6) is 0.231. The van der Waals surface area contributed by atoms with Crippen LogP contribution >= 0.6 is 23.1 Å². The molecule has 3 aromatic rings. The van der Waals surface area contributed by atoms with Crippen molar-refractivity contribution < 1.29 is 14.3 Å². The number of hydrogen-bond donors (Lipinski definition) is 0. The van der Waals surface area contributed by atoms with Gasteiger partial charge in [-0.15, -0.1) is 23.1 Å². The molecule has 0 bridgehead atoms. The average molecular weight is 411 g/mol. The Balaban J connectivity index is 1.34. The third-order valence-electron chi connectivity index (χ3n) is 5.30. The van der Waals surface area contributed by atoms with Crippen molar-refractivity contribution in [3.8, 4) is 0 Å². The van der Waals surface area contributed by atoms with Crippen molar-refractivity contribution in [1.82, 2.24) is 9.88 Å². The number of esters is 1. The van der Waals surface area contributed by atoms with E-state index in [-0.39, 0.29) is 18.5 Å². The third kappa shape index (κ3) is 2.81. The molecule has 7 heteroatoms. The summed E-state index contributed by atoms with van der Waals surface area (Å²) in [6, 6.07) is 17.3. The van der Waals surface area contributed by atoms with Crippen molar-refractivity contribution in [1.29, 1.82) is 0 Å². The van der Waals surface area contributed by atoms with E-state index in [4.69, 9.17) is 4.74 Å². The minimum atomic E-state index is -0.547. The lowest BCUT2D eigenvalue weighted by Crippen LogP contribution is -2.46. The predicted molar refractivity (Wildman–Crippen MR) is 110 cm³/mol. The molecule has 5 nitrogen and oxygen atoms in total. The summed E-state index contributed by atoms with van der Waals surface area (Å²) in [6.07, 6.45) is 1.19. The van der Waals surface area contributed by atoms with Gasteiger partial charge in [0.1, 0.15) is 22.5 Å². The van der Waals surface area contributed by atoms with E-state index >= 15 is 0 Å². The van der Waals surface area contributed by atoms with Gasteiger partial charge in [0, 0.05) is 12.2 Å². The lowest BCUT2D eigenvalue weighted by Gasteiger charge is -2.33. The summed E-state index contributed by atoms with van der Waals surface area (Å²) in [6.45, 7) is 0.139. The standard InChI is InChI=1S/C21H18N2O3S2/c24-19-10-11-21(14-6-2-1-3-7-14)23(19)16(13-27-21)20(25)26-12-18-22-15-8-4-5-9-17(15)28-18/h1-9,16H,10-13H2/t16-,21-/m0/s1. The number of fused-ring (bicyclic) bond motifs is 2. The van der Waals surface area contributed by atoms with E-state index in [0.717, 1.165) is 27.2 Å². The fourth-order valence-corrected chi connectivity index (χ4v) is 6.54. The van der Waals surface area contributed by atoms with Gasteiger partial charge in [0.2, 0.25) is 5.91 Å². The molecule has 0 spiro atoms. The zero-order valence-corrected chi connectivity index (χ0v) is 16.7. The zero-order chi connectivity index (χ0) is 19.1. The Morgan fingerprint density at radius 3 is 2.79 bits per heavy atom. The average Bonchev–Trinajstić information content (AvgIpc) is 3.40. The molecule has 5 rings (SSSR count). The van der Waals surface area contributed by atoms with E-state index in [0.29, 0.717) is 12.2 Å². The van der Waals surface area contributed by atoms with Crippen molar-refractivity contribution in [2.24, 2.45) is 0 Å². The molecule has 1 aromatic heterocycles. The normalized spacial score (nSPS) is 23.9. The first-order chi connectivity index (χ1) is 13.7. The predicted octanol–water partition coefficient (Wildman–Crippen LogP) is 3.93. The quantitative estimate of drug-likeness (QED) is 0.610. The maximum Gasteiger partial charge on any atom is 0.330 e. The molecule has 2 fully saturated rings. The molecule has 0 aliphatic carbocycles. The number of benzene rings is 2. The van der Waals surface area contributed by atoms with E-state index in [2.05, 4.69) is 4.98 Å². The van der Waals surface area contributed by atoms with E-state index in [1.165, 1.54) is 11.3 Å². The van der Waals surface area contributed by atoms with Gasteiger partial charge in [-0.3, -0.25) is 4.79 Å². The van der Waals surface area contributed by atoms with Gasteiger partial charge in [0.15, 0.2) is 0 Å². The van der Waals surface area contributed by atoms with Gasteiger partial charge in [0.25, 0.3) is 0 Å². The van der Waals surface area contributed by atoms with E-state index in [1.54, 1.807) is 16.7 Å². The summed E-state index contributed by atoms with van der Waals surface area (Å²) in [4.78, 5) is 31.3.